The van der Waals surface area contributed by atoms with E-state index >= 15 is 0 Å². The number of nitrogens with zero attached hydrogens (tertiary/aromatic N) is 1. The molecule has 1 N–H and O–H groups in total. The van der Waals surface area contributed by atoms with Crippen molar-refractivity contribution in [1.29, 1.82) is 0 Å². The molecular weight excluding hydrogens is 353 g/mol. The highest BCUT2D eigenvalue weighted by Gasteiger charge is 2.16. The van der Waals surface area contributed by atoms with Crippen LogP contribution in [-0.4, -0.2) is 23.5 Å². The predicted octanol–water partition coefficient (Wildman–Crippen LogP) is 3.46. The Morgan fingerprint density at radius 1 is 1.17 bits per heavy atom. The van der Waals surface area contributed by atoms with E-state index in [4.69, 9.17) is 27.9 Å². The predicted molar refractivity (Wildman–Crippen MR) is 79.5 cm³/mol. The van der Waals surface area contributed by atoms with Gasteiger partial charge in [0.25, 0.3) is 5.91 Å². The molecular formula is C14H8Cl2F2N2O3. The molecule has 0 saturated heterocycles. The minimum atomic E-state index is -0.966. The van der Waals surface area contributed by atoms with E-state index in [9.17, 15) is 18.4 Å². The van der Waals surface area contributed by atoms with Gasteiger partial charge in [-0.15, -0.1) is 0 Å². The largest absolute Gasteiger partial charge is 0.451 e. The topological polar surface area (TPSA) is 68.3 Å². The van der Waals surface area contributed by atoms with Crippen molar-refractivity contribution < 1.29 is 23.1 Å². The summed E-state index contributed by atoms with van der Waals surface area (Å²) in [5.74, 6) is -3.52. The normalized spacial score (nSPS) is 10.3. The fourth-order valence-corrected chi connectivity index (χ4v) is 1.87. The van der Waals surface area contributed by atoms with E-state index in [1.165, 1.54) is 12.1 Å². The van der Waals surface area contributed by atoms with Crippen molar-refractivity contribution in [2.45, 2.75) is 0 Å². The van der Waals surface area contributed by atoms with Crippen molar-refractivity contribution in [3.8, 4) is 0 Å². The van der Waals surface area contributed by atoms with Crippen LogP contribution in [0.15, 0.2) is 30.3 Å². The number of hydrogen-bond acceptors (Lipinski definition) is 4. The minimum absolute atomic E-state index is 0.00406. The highest BCUT2D eigenvalue weighted by molar-refractivity contribution is 6.34. The molecule has 1 heterocycles. The van der Waals surface area contributed by atoms with Crippen LogP contribution in [-0.2, 0) is 9.53 Å². The van der Waals surface area contributed by atoms with E-state index in [-0.39, 0.29) is 21.6 Å². The summed E-state index contributed by atoms with van der Waals surface area (Å²) < 4.78 is 30.8. The zero-order valence-electron chi connectivity index (χ0n) is 11.3. The molecule has 0 unspecified atom stereocenters. The number of nitrogens with one attached hydrogen (secondary N) is 1. The number of ether oxygens (including phenoxy) is 1. The molecule has 2 rings (SSSR count). The lowest BCUT2D eigenvalue weighted by Crippen LogP contribution is -2.22. The Morgan fingerprint density at radius 2 is 1.91 bits per heavy atom. The van der Waals surface area contributed by atoms with E-state index in [0.29, 0.717) is 6.07 Å². The van der Waals surface area contributed by atoms with Crippen molar-refractivity contribution >= 4 is 40.8 Å². The molecule has 0 bridgehead atoms. The van der Waals surface area contributed by atoms with Crippen LogP contribution in [0.2, 0.25) is 10.2 Å². The van der Waals surface area contributed by atoms with Crippen molar-refractivity contribution in [1.82, 2.24) is 4.98 Å². The summed E-state index contributed by atoms with van der Waals surface area (Å²) in [6.07, 6.45) is 0. The summed E-state index contributed by atoms with van der Waals surface area (Å²) in [4.78, 5) is 27.0. The van der Waals surface area contributed by atoms with Gasteiger partial charge in [0.2, 0.25) is 0 Å². The highest BCUT2D eigenvalue weighted by atomic mass is 35.5. The van der Waals surface area contributed by atoms with Crippen LogP contribution >= 0.6 is 23.2 Å². The highest BCUT2D eigenvalue weighted by Crippen LogP contribution is 2.18. The Bertz CT molecular complexity index is 772. The maximum Gasteiger partial charge on any atom is 0.359 e. The zero-order valence-corrected chi connectivity index (χ0v) is 12.8. The first-order valence-corrected chi connectivity index (χ1v) is 6.86. The maximum atomic E-state index is 13.4. The average Bonchev–Trinajstić information content (AvgIpc) is 2.50. The molecule has 0 aliphatic carbocycles. The molecule has 0 aliphatic heterocycles. The molecule has 1 aromatic carbocycles. The van der Waals surface area contributed by atoms with Gasteiger partial charge in [-0.1, -0.05) is 23.2 Å². The zero-order chi connectivity index (χ0) is 17.0. The molecule has 0 atom stereocenters. The van der Waals surface area contributed by atoms with Gasteiger partial charge in [-0.3, -0.25) is 4.79 Å². The summed E-state index contributed by atoms with van der Waals surface area (Å²) in [5.41, 5.74) is -0.494. The second-order valence-electron chi connectivity index (χ2n) is 4.21. The molecule has 9 heteroatoms. The smallest absolute Gasteiger partial charge is 0.359 e. The molecule has 0 spiro atoms. The molecule has 1 aromatic heterocycles. The average molecular weight is 361 g/mol. The summed E-state index contributed by atoms with van der Waals surface area (Å²) in [5, 5.41) is 2.16. The number of anilines is 1. The monoisotopic (exact) mass is 360 g/mol. The van der Waals surface area contributed by atoms with Crippen LogP contribution in [0.1, 0.15) is 10.5 Å². The third-order valence-corrected chi connectivity index (χ3v) is 3.06. The maximum absolute atomic E-state index is 13.4. The number of carbonyl (C=O) groups is 2. The number of benzene rings is 1. The molecule has 0 radical (unpaired) electrons. The SMILES string of the molecule is O=C(COC(=O)c1nc(Cl)ccc1Cl)Nc1ccc(F)cc1F. The van der Waals surface area contributed by atoms with Crippen molar-refractivity contribution in [2.24, 2.45) is 0 Å². The minimum Gasteiger partial charge on any atom is -0.451 e. The van der Waals surface area contributed by atoms with E-state index in [2.05, 4.69) is 10.3 Å². The summed E-state index contributed by atoms with van der Waals surface area (Å²) in [6.45, 7) is -0.708. The Hall–Kier alpha value is -2.25. The van der Waals surface area contributed by atoms with Gasteiger partial charge in [0.05, 0.1) is 10.7 Å². The van der Waals surface area contributed by atoms with Crippen molar-refractivity contribution in [3.63, 3.8) is 0 Å². The fraction of sp³-hybridized carbons (Fsp3) is 0.0714. The number of rotatable bonds is 4. The Kier molecular flexibility index (Phi) is 5.46. The standard InChI is InChI=1S/C14H8Cl2F2N2O3/c15-8-2-4-11(16)20-13(8)14(22)23-6-12(21)19-10-3-1-7(17)5-9(10)18/h1-5H,6H2,(H,19,21). The molecule has 0 saturated carbocycles. The van der Waals surface area contributed by atoms with E-state index < -0.39 is 30.1 Å². The summed E-state index contributed by atoms with van der Waals surface area (Å²) in [6, 6.07) is 5.35. The van der Waals surface area contributed by atoms with E-state index in [1.54, 1.807) is 0 Å². The Balaban J connectivity index is 1.96. The summed E-state index contributed by atoms with van der Waals surface area (Å²) in [7, 11) is 0. The van der Waals surface area contributed by atoms with Crippen LogP contribution < -0.4 is 5.32 Å². The number of amides is 1. The molecule has 0 fully saturated rings. The number of pyridine rings is 1. The van der Waals surface area contributed by atoms with Gasteiger partial charge in [0, 0.05) is 6.07 Å². The summed E-state index contributed by atoms with van der Waals surface area (Å²) >= 11 is 11.4. The number of hydrogen-bond donors (Lipinski definition) is 1. The fourth-order valence-electron chi connectivity index (χ4n) is 1.54. The molecule has 5 nitrogen and oxygen atoms in total. The molecule has 2 aromatic rings. The molecule has 23 heavy (non-hydrogen) atoms. The van der Waals surface area contributed by atoms with Crippen molar-refractivity contribution in [2.75, 3.05) is 11.9 Å². The van der Waals surface area contributed by atoms with Crippen LogP contribution in [0.4, 0.5) is 14.5 Å². The number of carbonyl (C=O) groups excluding carboxylic acids is 2. The quantitative estimate of drug-likeness (QED) is 0.669. The van der Waals surface area contributed by atoms with E-state index in [1.807, 2.05) is 0 Å². The van der Waals surface area contributed by atoms with Gasteiger partial charge >= 0.3 is 5.97 Å². The van der Waals surface area contributed by atoms with Gasteiger partial charge in [-0.05, 0) is 24.3 Å². The lowest BCUT2D eigenvalue weighted by atomic mass is 10.3. The third kappa shape index (κ3) is 4.61. The lowest BCUT2D eigenvalue weighted by molar-refractivity contribution is -0.119. The molecule has 0 aliphatic rings. The Morgan fingerprint density at radius 3 is 2.61 bits per heavy atom. The van der Waals surface area contributed by atoms with Crippen LogP contribution in [0.3, 0.4) is 0 Å². The second kappa shape index (κ2) is 7.34. The molecule has 120 valence electrons. The van der Waals surface area contributed by atoms with Gasteiger partial charge < -0.3 is 10.1 Å². The number of esters is 1. The van der Waals surface area contributed by atoms with E-state index in [0.717, 1.165) is 12.1 Å². The second-order valence-corrected chi connectivity index (χ2v) is 5.01. The number of aromatic nitrogens is 1. The van der Waals surface area contributed by atoms with Crippen LogP contribution in [0.25, 0.3) is 0 Å². The van der Waals surface area contributed by atoms with Crippen LogP contribution in [0.5, 0.6) is 0 Å². The first-order chi connectivity index (χ1) is 10.9. The first-order valence-electron chi connectivity index (χ1n) is 6.11. The van der Waals surface area contributed by atoms with Crippen LogP contribution in [0, 0.1) is 11.6 Å². The first kappa shape index (κ1) is 17.1. The van der Waals surface area contributed by atoms with Gasteiger partial charge in [-0.25, -0.2) is 18.6 Å². The van der Waals surface area contributed by atoms with Crippen molar-refractivity contribution in [3.05, 3.63) is 57.8 Å². The number of halogens is 4. The van der Waals surface area contributed by atoms with Gasteiger partial charge in [0.15, 0.2) is 12.3 Å². The molecule has 1 amide bonds. The van der Waals surface area contributed by atoms with Gasteiger partial charge in [-0.2, -0.15) is 0 Å². The lowest BCUT2D eigenvalue weighted by Gasteiger charge is -2.08. The third-order valence-electron chi connectivity index (χ3n) is 2.54. The van der Waals surface area contributed by atoms with Gasteiger partial charge in [0.1, 0.15) is 16.8 Å². The Labute approximate surface area is 139 Å².